The van der Waals surface area contributed by atoms with Crippen molar-refractivity contribution in [2.24, 2.45) is 5.92 Å². The van der Waals surface area contributed by atoms with Gasteiger partial charge in [0.2, 0.25) is 0 Å². The topological polar surface area (TPSA) is 20.2 Å². The quantitative estimate of drug-likeness (QED) is 0.640. The molecule has 2 atom stereocenters. The molecule has 0 bridgehead atoms. The summed E-state index contributed by atoms with van der Waals surface area (Å²) in [5, 5.41) is 9.78. The lowest BCUT2D eigenvalue weighted by atomic mass is 9.96. The van der Waals surface area contributed by atoms with Crippen molar-refractivity contribution in [3.63, 3.8) is 0 Å². The van der Waals surface area contributed by atoms with Crippen LogP contribution in [-0.2, 0) is 0 Å². The number of hydrogen-bond donors (Lipinski definition) is 1. The first kappa shape index (κ1) is 9.79. The van der Waals surface area contributed by atoms with Gasteiger partial charge in [-0.2, -0.15) is 0 Å². The predicted molar refractivity (Wildman–Crippen MR) is 52.0 cm³/mol. The van der Waals surface area contributed by atoms with Crippen LogP contribution in [0.1, 0.15) is 46.0 Å². The Morgan fingerprint density at radius 1 is 1.58 bits per heavy atom. The van der Waals surface area contributed by atoms with Gasteiger partial charge in [0, 0.05) is 0 Å². The Bertz CT molecular complexity index is 160. The van der Waals surface area contributed by atoms with Gasteiger partial charge in [-0.1, -0.05) is 26.3 Å². The van der Waals surface area contributed by atoms with Crippen molar-refractivity contribution in [2.75, 3.05) is 0 Å². The van der Waals surface area contributed by atoms with Crippen LogP contribution in [0.25, 0.3) is 0 Å². The van der Waals surface area contributed by atoms with E-state index in [2.05, 4.69) is 19.9 Å². The lowest BCUT2D eigenvalue weighted by Gasteiger charge is -2.15. The number of allylic oxidation sites excluding steroid dienone is 1. The molecule has 2 unspecified atom stereocenters. The molecule has 1 aliphatic rings. The molecule has 1 aliphatic carbocycles. The third kappa shape index (κ3) is 2.63. The summed E-state index contributed by atoms with van der Waals surface area (Å²) in [5.41, 5.74) is 1.29. The van der Waals surface area contributed by atoms with E-state index in [1.54, 1.807) is 0 Å². The fraction of sp³-hybridized carbons (Fsp3) is 0.818. The zero-order valence-electron chi connectivity index (χ0n) is 8.21. The normalized spacial score (nSPS) is 22.1. The van der Waals surface area contributed by atoms with Gasteiger partial charge in [-0.05, 0) is 37.2 Å². The number of aliphatic hydroxyl groups excluding tert-OH is 1. The van der Waals surface area contributed by atoms with Crippen LogP contribution in [0.2, 0.25) is 0 Å². The van der Waals surface area contributed by atoms with Crippen molar-refractivity contribution in [3.8, 4) is 0 Å². The molecule has 0 saturated carbocycles. The smallest absolute Gasteiger partial charge is 0.0752 e. The molecule has 1 nitrogen and oxygen atoms in total. The molecule has 70 valence electrons. The Balaban J connectivity index is 2.31. The summed E-state index contributed by atoms with van der Waals surface area (Å²) < 4.78 is 0. The van der Waals surface area contributed by atoms with Gasteiger partial charge in [0.15, 0.2) is 0 Å². The summed E-state index contributed by atoms with van der Waals surface area (Å²) >= 11 is 0. The zero-order chi connectivity index (χ0) is 8.97. The second-order valence-electron chi connectivity index (χ2n) is 3.94. The van der Waals surface area contributed by atoms with E-state index >= 15 is 0 Å². The maximum atomic E-state index is 9.78. The Kier molecular flexibility index (Phi) is 3.80. The summed E-state index contributed by atoms with van der Waals surface area (Å²) in [6.07, 6.45) is 7.72. The van der Waals surface area contributed by atoms with E-state index in [4.69, 9.17) is 0 Å². The van der Waals surface area contributed by atoms with Crippen molar-refractivity contribution in [1.82, 2.24) is 0 Å². The standard InChI is InChI=1S/C11H20O/c1-3-9(2)8-11(12)10-6-4-5-7-10/h6,9,11-12H,3-5,7-8H2,1-2H3. The van der Waals surface area contributed by atoms with Crippen LogP contribution in [0.4, 0.5) is 0 Å². The van der Waals surface area contributed by atoms with Gasteiger partial charge >= 0.3 is 0 Å². The first-order valence-corrected chi connectivity index (χ1v) is 5.11. The van der Waals surface area contributed by atoms with Crippen molar-refractivity contribution in [3.05, 3.63) is 11.6 Å². The highest BCUT2D eigenvalue weighted by molar-refractivity contribution is 5.12. The minimum atomic E-state index is -0.151. The molecule has 0 aromatic carbocycles. The summed E-state index contributed by atoms with van der Waals surface area (Å²) in [5.74, 6) is 0.654. The van der Waals surface area contributed by atoms with Crippen molar-refractivity contribution in [1.29, 1.82) is 0 Å². The summed E-state index contributed by atoms with van der Waals surface area (Å²) in [4.78, 5) is 0. The van der Waals surface area contributed by atoms with E-state index in [1.165, 1.54) is 24.8 Å². The number of rotatable bonds is 4. The molecule has 0 spiro atoms. The van der Waals surface area contributed by atoms with E-state index in [0.29, 0.717) is 5.92 Å². The number of aliphatic hydroxyl groups is 1. The summed E-state index contributed by atoms with van der Waals surface area (Å²) in [6, 6.07) is 0. The molecule has 0 radical (unpaired) electrons. The van der Waals surface area contributed by atoms with E-state index < -0.39 is 0 Å². The molecule has 1 rings (SSSR count). The minimum absolute atomic E-state index is 0.151. The highest BCUT2D eigenvalue weighted by Crippen LogP contribution is 2.24. The molecule has 0 aromatic rings. The predicted octanol–water partition coefficient (Wildman–Crippen LogP) is 2.89. The lowest BCUT2D eigenvalue weighted by molar-refractivity contribution is 0.175. The average molecular weight is 168 g/mol. The molecular formula is C11H20O. The van der Waals surface area contributed by atoms with Gasteiger partial charge in [0.05, 0.1) is 6.10 Å². The molecule has 0 aromatic heterocycles. The molecule has 0 heterocycles. The van der Waals surface area contributed by atoms with Crippen LogP contribution in [0, 0.1) is 5.92 Å². The first-order valence-electron chi connectivity index (χ1n) is 5.11. The van der Waals surface area contributed by atoms with E-state index in [0.717, 1.165) is 12.8 Å². The Hall–Kier alpha value is -0.300. The van der Waals surface area contributed by atoms with Crippen LogP contribution < -0.4 is 0 Å². The molecule has 1 heteroatoms. The van der Waals surface area contributed by atoms with Crippen molar-refractivity contribution in [2.45, 2.75) is 52.1 Å². The Morgan fingerprint density at radius 3 is 2.83 bits per heavy atom. The third-order valence-electron chi connectivity index (χ3n) is 2.83. The van der Waals surface area contributed by atoms with Crippen LogP contribution in [-0.4, -0.2) is 11.2 Å². The zero-order valence-corrected chi connectivity index (χ0v) is 8.21. The van der Waals surface area contributed by atoms with E-state index in [1.807, 2.05) is 0 Å². The molecule has 0 amide bonds. The molecule has 12 heavy (non-hydrogen) atoms. The second kappa shape index (κ2) is 4.66. The fourth-order valence-corrected chi connectivity index (χ4v) is 1.70. The third-order valence-corrected chi connectivity index (χ3v) is 2.83. The Labute approximate surface area is 75.5 Å². The van der Waals surface area contributed by atoms with Crippen molar-refractivity contribution >= 4 is 0 Å². The molecule has 0 aliphatic heterocycles. The second-order valence-corrected chi connectivity index (χ2v) is 3.94. The summed E-state index contributed by atoms with van der Waals surface area (Å²) in [6.45, 7) is 4.39. The Morgan fingerprint density at radius 2 is 2.33 bits per heavy atom. The largest absolute Gasteiger partial charge is 0.389 e. The molecular weight excluding hydrogens is 148 g/mol. The van der Waals surface area contributed by atoms with Gasteiger partial charge in [0.25, 0.3) is 0 Å². The highest BCUT2D eigenvalue weighted by atomic mass is 16.3. The molecule has 1 N–H and O–H groups in total. The monoisotopic (exact) mass is 168 g/mol. The van der Waals surface area contributed by atoms with Gasteiger partial charge in [-0.3, -0.25) is 0 Å². The fourth-order valence-electron chi connectivity index (χ4n) is 1.70. The van der Waals surface area contributed by atoms with Crippen LogP contribution in [0.15, 0.2) is 11.6 Å². The maximum absolute atomic E-state index is 9.78. The van der Waals surface area contributed by atoms with Crippen LogP contribution in [0.3, 0.4) is 0 Å². The van der Waals surface area contributed by atoms with Crippen LogP contribution in [0.5, 0.6) is 0 Å². The highest BCUT2D eigenvalue weighted by Gasteiger charge is 2.15. The maximum Gasteiger partial charge on any atom is 0.0752 e. The van der Waals surface area contributed by atoms with Crippen molar-refractivity contribution < 1.29 is 5.11 Å². The van der Waals surface area contributed by atoms with E-state index in [9.17, 15) is 5.11 Å². The average Bonchev–Trinajstić information content (AvgIpc) is 2.56. The minimum Gasteiger partial charge on any atom is -0.389 e. The van der Waals surface area contributed by atoms with E-state index in [-0.39, 0.29) is 6.10 Å². The molecule has 0 saturated heterocycles. The summed E-state index contributed by atoms with van der Waals surface area (Å²) in [7, 11) is 0. The lowest BCUT2D eigenvalue weighted by Crippen LogP contribution is -2.13. The van der Waals surface area contributed by atoms with Gasteiger partial charge in [-0.15, -0.1) is 0 Å². The van der Waals surface area contributed by atoms with Gasteiger partial charge in [0.1, 0.15) is 0 Å². The van der Waals surface area contributed by atoms with Gasteiger partial charge < -0.3 is 5.11 Å². The first-order chi connectivity index (χ1) is 5.74. The number of hydrogen-bond acceptors (Lipinski definition) is 1. The molecule has 0 fully saturated rings. The van der Waals surface area contributed by atoms with Crippen LogP contribution >= 0.6 is 0 Å². The van der Waals surface area contributed by atoms with Gasteiger partial charge in [-0.25, -0.2) is 0 Å². The SMILES string of the molecule is CCC(C)CC(O)C1=CCCC1.